The zero-order chi connectivity index (χ0) is 11.5. The second-order valence-corrected chi connectivity index (χ2v) is 4.98. The van der Waals surface area contributed by atoms with Gasteiger partial charge in [-0.25, -0.2) is 0 Å². The van der Waals surface area contributed by atoms with Gasteiger partial charge in [-0.05, 0) is 26.3 Å². The summed E-state index contributed by atoms with van der Waals surface area (Å²) >= 11 is 3.39. The largest absolute Gasteiger partial charge is 0.364 e. The first-order valence-electron chi connectivity index (χ1n) is 4.93. The maximum Gasteiger partial charge on any atom is 0.182 e. The van der Waals surface area contributed by atoms with Gasteiger partial charge in [-0.2, -0.15) is 0 Å². The van der Waals surface area contributed by atoms with Gasteiger partial charge in [-0.1, -0.05) is 40.2 Å². The molecule has 0 radical (unpaired) electrons. The van der Waals surface area contributed by atoms with Crippen LogP contribution in [0.5, 0.6) is 0 Å². The molecule has 3 heteroatoms. The van der Waals surface area contributed by atoms with Crippen LogP contribution in [-0.2, 0) is 10.1 Å². The molecule has 1 aromatic rings. The Bertz CT molecular complexity index is 318. The number of hydrogen-bond donors (Lipinski definition) is 1. The van der Waals surface area contributed by atoms with Crippen molar-refractivity contribution in [1.29, 1.82) is 0 Å². The highest BCUT2D eigenvalue weighted by molar-refractivity contribution is 9.08. The summed E-state index contributed by atoms with van der Waals surface area (Å²) in [4.78, 5) is 0. The molecule has 0 saturated carbocycles. The first-order valence-corrected chi connectivity index (χ1v) is 6.06. The number of benzene rings is 1. The summed E-state index contributed by atoms with van der Waals surface area (Å²) in [5, 5.41) is 10.6. The molecule has 2 nitrogen and oxygen atoms in total. The van der Waals surface area contributed by atoms with Crippen molar-refractivity contribution in [2.45, 2.75) is 38.0 Å². The van der Waals surface area contributed by atoms with Crippen molar-refractivity contribution in [3.8, 4) is 0 Å². The van der Waals surface area contributed by atoms with Crippen LogP contribution in [0.25, 0.3) is 0 Å². The van der Waals surface area contributed by atoms with Crippen LogP contribution in [0, 0.1) is 0 Å². The standard InChI is InChI=1S/C12H17BrO2/c1-12(2,3)15-11(14)10-7-5-4-6-9(10)8-13/h4-7,11,14H,8H2,1-3H3. The van der Waals surface area contributed by atoms with Crippen LogP contribution in [0.15, 0.2) is 24.3 Å². The fourth-order valence-electron chi connectivity index (χ4n) is 1.30. The molecule has 84 valence electrons. The van der Waals surface area contributed by atoms with Gasteiger partial charge in [0.15, 0.2) is 6.29 Å². The number of hydrogen-bond acceptors (Lipinski definition) is 2. The molecular weight excluding hydrogens is 256 g/mol. The van der Waals surface area contributed by atoms with Crippen LogP contribution in [0.1, 0.15) is 38.2 Å². The van der Waals surface area contributed by atoms with Crippen molar-refractivity contribution < 1.29 is 9.84 Å². The van der Waals surface area contributed by atoms with E-state index in [1.807, 2.05) is 45.0 Å². The monoisotopic (exact) mass is 272 g/mol. The van der Waals surface area contributed by atoms with E-state index in [4.69, 9.17) is 4.74 Å². The lowest BCUT2D eigenvalue weighted by atomic mass is 10.1. The molecule has 1 rings (SSSR count). The minimum atomic E-state index is -0.862. The highest BCUT2D eigenvalue weighted by atomic mass is 79.9. The van der Waals surface area contributed by atoms with Crippen LogP contribution >= 0.6 is 15.9 Å². The Morgan fingerprint density at radius 3 is 2.47 bits per heavy atom. The van der Waals surface area contributed by atoms with Gasteiger partial charge in [0, 0.05) is 10.9 Å². The molecule has 0 heterocycles. The van der Waals surface area contributed by atoms with Crippen LogP contribution in [0.3, 0.4) is 0 Å². The molecule has 0 aliphatic carbocycles. The maximum absolute atomic E-state index is 9.93. The second-order valence-electron chi connectivity index (χ2n) is 4.42. The number of aliphatic hydroxyl groups excluding tert-OH is 1. The summed E-state index contributed by atoms with van der Waals surface area (Å²) < 4.78 is 5.50. The number of halogens is 1. The van der Waals surface area contributed by atoms with Crippen molar-refractivity contribution in [1.82, 2.24) is 0 Å². The number of ether oxygens (including phenoxy) is 1. The van der Waals surface area contributed by atoms with Gasteiger partial charge in [0.25, 0.3) is 0 Å². The van der Waals surface area contributed by atoms with Gasteiger partial charge in [-0.3, -0.25) is 0 Å². The third kappa shape index (κ3) is 3.93. The Kier molecular flexibility index (Phi) is 4.32. The van der Waals surface area contributed by atoms with E-state index in [-0.39, 0.29) is 5.60 Å². The van der Waals surface area contributed by atoms with E-state index in [0.717, 1.165) is 11.1 Å². The SMILES string of the molecule is CC(C)(C)OC(O)c1ccccc1CBr. The minimum Gasteiger partial charge on any atom is -0.364 e. The molecule has 1 N–H and O–H groups in total. The average Bonchev–Trinajstić information content (AvgIpc) is 2.15. The smallest absolute Gasteiger partial charge is 0.182 e. The van der Waals surface area contributed by atoms with E-state index >= 15 is 0 Å². The zero-order valence-electron chi connectivity index (χ0n) is 9.33. The van der Waals surface area contributed by atoms with E-state index in [0.29, 0.717) is 5.33 Å². The van der Waals surface area contributed by atoms with Crippen molar-refractivity contribution in [3.05, 3.63) is 35.4 Å². The van der Waals surface area contributed by atoms with Crippen molar-refractivity contribution in [3.63, 3.8) is 0 Å². The molecule has 0 spiro atoms. The quantitative estimate of drug-likeness (QED) is 0.675. The van der Waals surface area contributed by atoms with E-state index in [1.165, 1.54) is 0 Å². The van der Waals surface area contributed by atoms with Crippen LogP contribution in [0.4, 0.5) is 0 Å². The van der Waals surface area contributed by atoms with Gasteiger partial charge in [-0.15, -0.1) is 0 Å². The molecular formula is C12H17BrO2. The van der Waals surface area contributed by atoms with Gasteiger partial charge >= 0.3 is 0 Å². The highest BCUT2D eigenvalue weighted by Crippen LogP contribution is 2.25. The minimum absolute atomic E-state index is 0.348. The first kappa shape index (κ1) is 12.7. The van der Waals surface area contributed by atoms with E-state index in [2.05, 4.69) is 15.9 Å². The lowest BCUT2D eigenvalue weighted by molar-refractivity contribution is -0.169. The summed E-state index contributed by atoms with van der Waals surface area (Å²) in [5.74, 6) is 0. The topological polar surface area (TPSA) is 29.5 Å². The zero-order valence-corrected chi connectivity index (χ0v) is 10.9. The van der Waals surface area contributed by atoms with Crippen LogP contribution in [0.2, 0.25) is 0 Å². The molecule has 1 atom stereocenters. The normalized spacial score (nSPS) is 13.9. The predicted molar refractivity (Wildman–Crippen MR) is 64.9 cm³/mol. The van der Waals surface area contributed by atoms with Crippen molar-refractivity contribution in [2.24, 2.45) is 0 Å². The van der Waals surface area contributed by atoms with Crippen LogP contribution < -0.4 is 0 Å². The average molecular weight is 273 g/mol. The Labute approximate surface area is 99.4 Å². The fourth-order valence-corrected chi connectivity index (χ4v) is 1.81. The number of alkyl halides is 1. The second kappa shape index (κ2) is 5.10. The van der Waals surface area contributed by atoms with Crippen molar-refractivity contribution >= 4 is 15.9 Å². The maximum atomic E-state index is 9.93. The third-order valence-electron chi connectivity index (χ3n) is 1.93. The molecule has 1 unspecified atom stereocenters. The lowest BCUT2D eigenvalue weighted by Gasteiger charge is -2.25. The van der Waals surface area contributed by atoms with E-state index < -0.39 is 6.29 Å². The van der Waals surface area contributed by atoms with E-state index in [1.54, 1.807) is 0 Å². The molecule has 0 aromatic heterocycles. The molecule has 15 heavy (non-hydrogen) atoms. The first-order chi connectivity index (χ1) is 6.94. The molecule has 0 saturated heterocycles. The molecule has 0 amide bonds. The Balaban J connectivity index is 2.86. The van der Waals surface area contributed by atoms with E-state index in [9.17, 15) is 5.11 Å². The van der Waals surface area contributed by atoms with Crippen LogP contribution in [-0.4, -0.2) is 10.7 Å². The summed E-state index contributed by atoms with van der Waals surface area (Å²) in [5.41, 5.74) is 1.53. The Morgan fingerprint density at radius 2 is 1.93 bits per heavy atom. The number of aliphatic hydroxyl groups is 1. The molecule has 0 aliphatic heterocycles. The molecule has 0 aliphatic rings. The fraction of sp³-hybridized carbons (Fsp3) is 0.500. The van der Waals surface area contributed by atoms with Crippen molar-refractivity contribution in [2.75, 3.05) is 0 Å². The van der Waals surface area contributed by atoms with Gasteiger partial charge in [0.05, 0.1) is 5.60 Å². The molecule has 0 fully saturated rings. The Hall–Kier alpha value is -0.380. The molecule has 1 aromatic carbocycles. The van der Waals surface area contributed by atoms with Gasteiger partial charge in [0.1, 0.15) is 0 Å². The summed E-state index contributed by atoms with van der Waals surface area (Å²) in [7, 11) is 0. The lowest BCUT2D eigenvalue weighted by Crippen LogP contribution is -2.23. The van der Waals surface area contributed by atoms with Gasteiger partial charge in [0.2, 0.25) is 0 Å². The molecule has 0 bridgehead atoms. The third-order valence-corrected chi connectivity index (χ3v) is 2.53. The predicted octanol–water partition coefficient (Wildman–Crippen LogP) is 3.39. The summed E-state index contributed by atoms with van der Waals surface area (Å²) in [6.07, 6.45) is -0.862. The highest BCUT2D eigenvalue weighted by Gasteiger charge is 2.19. The Morgan fingerprint density at radius 1 is 1.33 bits per heavy atom. The number of rotatable bonds is 3. The van der Waals surface area contributed by atoms with Gasteiger partial charge < -0.3 is 9.84 Å². The summed E-state index contributed by atoms with van der Waals surface area (Å²) in [6, 6.07) is 7.70. The summed E-state index contributed by atoms with van der Waals surface area (Å²) in [6.45, 7) is 5.77.